The Kier molecular flexibility index (Phi) is 7.76. The van der Waals surface area contributed by atoms with Crippen LogP contribution in [0.5, 0.6) is 0 Å². The van der Waals surface area contributed by atoms with Gasteiger partial charge in [-0.25, -0.2) is 0 Å². The number of nitrogens with zero attached hydrogens (tertiary/aromatic N) is 1. The van der Waals surface area contributed by atoms with Crippen molar-refractivity contribution in [3.05, 3.63) is 35.9 Å². The minimum Gasteiger partial charge on any atom is -0.312 e. The second-order valence-corrected chi connectivity index (χ2v) is 5.55. The lowest BCUT2D eigenvalue weighted by molar-refractivity contribution is 0.274. The Morgan fingerprint density at radius 2 is 1.79 bits per heavy atom. The number of nitrogens with one attached hydrogen (secondary N) is 1. The van der Waals surface area contributed by atoms with Crippen molar-refractivity contribution in [2.24, 2.45) is 0 Å². The highest BCUT2D eigenvalue weighted by molar-refractivity contribution is 5.19. The number of hydrogen-bond acceptors (Lipinski definition) is 2. The zero-order valence-corrected chi connectivity index (χ0v) is 13.0. The first-order valence-electron chi connectivity index (χ1n) is 7.63. The fraction of sp³-hybridized carbons (Fsp3) is 0.647. The van der Waals surface area contributed by atoms with Gasteiger partial charge in [0.1, 0.15) is 0 Å². The summed E-state index contributed by atoms with van der Waals surface area (Å²) in [6.45, 7) is 5.57. The van der Waals surface area contributed by atoms with E-state index in [-0.39, 0.29) is 0 Å². The second kappa shape index (κ2) is 9.11. The van der Waals surface area contributed by atoms with E-state index >= 15 is 0 Å². The fourth-order valence-corrected chi connectivity index (χ4v) is 2.45. The fourth-order valence-electron chi connectivity index (χ4n) is 2.45. The summed E-state index contributed by atoms with van der Waals surface area (Å²) in [5, 5.41) is 3.74. The molecule has 1 rings (SSSR count). The van der Waals surface area contributed by atoms with Gasteiger partial charge in [-0.05, 0) is 32.5 Å². The molecule has 0 bridgehead atoms. The molecule has 2 nitrogen and oxygen atoms in total. The van der Waals surface area contributed by atoms with E-state index in [2.05, 4.69) is 68.5 Å². The third-order valence-corrected chi connectivity index (χ3v) is 3.81. The summed E-state index contributed by atoms with van der Waals surface area (Å²) in [4.78, 5) is 2.30. The van der Waals surface area contributed by atoms with E-state index in [1.165, 1.54) is 31.2 Å². The van der Waals surface area contributed by atoms with E-state index in [1.807, 2.05) is 0 Å². The SMILES string of the molecule is CCCCC(CC)NCC(c1ccccc1)N(C)C. The van der Waals surface area contributed by atoms with Crippen molar-refractivity contribution in [2.75, 3.05) is 20.6 Å². The smallest absolute Gasteiger partial charge is 0.0466 e. The molecule has 1 aromatic carbocycles. The van der Waals surface area contributed by atoms with Crippen LogP contribution in [0.3, 0.4) is 0 Å². The number of unbranched alkanes of at least 4 members (excludes halogenated alkanes) is 1. The Labute approximate surface area is 119 Å². The maximum atomic E-state index is 3.74. The van der Waals surface area contributed by atoms with Gasteiger partial charge in [0.25, 0.3) is 0 Å². The van der Waals surface area contributed by atoms with Crippen LogP contribution in [0.4, 0.5) is 0 Å². The number of rotatable bonds is 9. The molecule has 0 aromatic heterocycles. The molecule has 1 N–H and O–H groups in total. The average Bonchev–Trinajstić information content (AvgIpc) is 2.43. The van der Waals surface area contributed by atoms with Crippen molar-refractivity contribution >= 4 is 0 Å². The largest absolute Gasteiger partial charge is 0.312 e. The van der Waals surface area contributed by atoms with Gasteiger partial charge in [-0.15, -0.1) is 0 Å². The minimum atomic E-state index is 0.455. The monoisotopic (exact) mass is 262 g/mol. The number of hydrogen-bond donors (Lipinski definition) is 1. The van der Waals surface area contributed by atoms with Gasteiger partial charge in [-0.1, -0.05) is 57.0 Å². The second-order valence-electron chi connectivity index (χ2n) is 5.55. The van der Waals surface area contributed by atoms with Crippen LogP contribution in [-0.2, 0) is 0 Å². The number of likely N-dealkylation sites (N-methyl/N-ethyl adjacent to an activating group) is 1. The Morgan fingerprint density at radius 3 is 2.32 bits per heavy atom. The van der Waals surface area contributed by atoms with Gasteiger partial charge < -0.3 is 10.2 Å². The maximum absolute atomic E-state index is 3.74. The predicted octanol–water partition coefficient (Wildman–Crippen LogP) is 3.85. The summed E-state index contributed by atoms with van der Waals surface area (Å²) >= 11 is 0. The quantitative estimate of drug-likeness (QED) is 0.727. The molecule has 19 heavy (non-hydrogen) atoms. The highest BCUT2D eigenvalue weighted by Crippen LogP contribution is 2.17. The van der Waals surface area contributed by atoms with Gasteiger partial charge in [-0.2, -0.15) is 0 Å². The van der Waals surface area contributed by atoms with Crippen molar-refractivity contribution < 1.29 is 0 Å². The molecule has 2 atom stereocenters. The van der Waals surface area contributed by atoms with Crippen LogP contribution in [0, 0.1) is 0 Å². The van der Waals surface area contributed by atoms with Gasteiger partial charge in [-0.3, -0.25) is 0 Å². The first kappa shape index (κ1) is 16.2. The summed E-state index contributed by atoms with van der Waals surface area (Å²) in [6, 6.07) is 11.9. The van der Waals surface area contributed by atoms with Crippen LogP contribution in [0.25, 0.3) is 0 Å². The molecule has 2 unspecified atom stereocenters. The molecule has 0 amide bonds. The highest BCUT2D eigenvalue weighted by Gasteiger charge is 2.15. The molecule has 0 heterocycles. The van der Waals surface area contributed by atoms with Crippen LogP contribution in [0.2, 0.25) is 0 Å². The zero-order valence-electron chi connectivity index (χ0n) is 13.0. The first-order chi connectivity index (χ1) is 9.19. The Bertz CT molecular complexity index is 321. The van der Waals surface area contributed by atoms with Crippen molar-refractivity contribution in [2.45, 2.75) is 51.6 Å². The van der Waals surface area contributed by atoms with Crippen LogP contribution in [0.15, 0.2) is 30.3 Å². The molecule has 0 radical (unpaired) electrons. The van der Waals surface area contributed by atoms with Gasteiger partial charge in [0, 0.05) is 18.6 Å². The summed E-state index contributed by atoms with van der Waals surface area (Å²) in [5.41, 5.74) is 1.39. The third kappa shape index (κ3) is 5.75. The molecule has 0 spiro atoms. The van der Waals surface area contributed by atoms with E-state index in [9.17, 15) is 0 Å². The van der Waals surface area contributed by atoms with Crippen molar-refractivity contribution in [1.29, 1.82) is 0 Å². The molecule has 0 saturated carbocycles. The van der Waals surface area contributed by atoms with Crippen molar-refractivity contribution in [3.8, 4) is 0 Å². The molecule has 0 fully saturated rings. The van der Waals surface area contributed by atoms with Crippen molar-refractivity contribution in [1.82, 2.24) is 10.2 Å². The lowest BCUT2D eigenvalue weighted by atomic mass is 10.0. The lowest BCUT2D eigenvalue weighted by Gasteiger charge is -2.27. The predicted molar refractivity (Wildman–Crippen MR) is 84.5 cm³/mol. The summed E-state index contributed by atoms with van der Waals surface area (Å²) in [6.07, 6.45) is 5.12. The molecule has 1 aromatic rings. The van der Waals surface area contributed by atoms with Crippen LogP contribution in [0.1, 0.15) is 51.1 Å². The summed E-state index contributed by atoms with van der Waals surface area (Å²) in [7, 11) is 4.32. The van der Waals surface area contributed by atoms with E-state index in [1.54, 1.807) is 0 Å². The van der Waals surface area contributed by atoms with E-state index in [0.29, 0.717) is 12.1 Å². The molecule has 2 heteroatoms. The molecule has 0 aliphatic rings. The highest BCUT2D eigenvalue weighted by atomic mass is 15.1. The molecule has 0 saturated heterocycles. The van der Waals surface area contributed by atoms with E-state index in [4.69, 9.17) is 0 Å². The first-order valence-corrected chi connectivity index (χ1v) is 7.63. The normalized spacial score (nSPS) is 14.6. The lowest BCUT2D eigenvalue weighted by Crippen LogP contribution is -2.36. The van der Waals surface area contributed by atoms with Crippen molar-refractivity contribution in [3.63, 3.8) is 0 Å². The standard InChI is InChI=1S/C17H30N2/c1-5-7-13-16(6-2)18-14-17(19(3)4)15-11-9-8-10-12-15/h8-12,16-18H,5-7,13-14H2,1-4H3. The molecular formula is C17H30N2. The van der Waals surface area contributed by atoms with Gasteiger partial charge in [0.05, 0.1) is 0 Å². The average molecular weight is 262 g/mol. The Hall–Kier alpha value is -0.860. The van der Waals surface area contributed by atoms with Gasteiger partial charge >= 0.3 is 0 Å². The molecular weight excluding hydrogens is 232 g/mol. The topological polar surface area (TPSA) is 15.3 Å². The van der Waals surface area contributed by atoms with Crippen LogP contribution >= 0.6 is 0 Å². The molecule has 0 aliphatic carbocycles. The van der Waals surface area contributed by atoms with Crippen LogP contribution in [-0.4, -0.2) is 31.6 Å². The van der Waals surface area contributed by atoms with Gasteiger partial charge in [0.15, 0.2) is 0 Å². The summed E-state index contributed by atoms with van der Waals surface area (Å²) < 4.78 is 0. The number of benzene rings is 1. The Balaban J connectivity index is 2.55. The third-order valence-electron chi connectivity index (χ3n) is 3.81. The molecule has 108 valence electrons. The van der Waals surface area contributed by atoms with E-state index in [0.717, 1.165) is 6.54 Å². The summed E-state index contributed by atoms with van der Waals surface area (Å²) in [5.74, 6) is 0. The molecule has 0 aliphatic heterocycles. The Morgan fingerprint density at radius 1 is 1.11 bits per heavy atom. The van der Waals surface area contributed by atoms with Crippen LogP contribution < -0.4 is 5.32 Å². The van der Waals surface area contributed by atoms with E-state index < -0.39 is 0 Å². The zero-order chi connectivity index (χ0) is 14.1. The van der Waals surface area contributed by atoms with Gasteiger partial charge in [0.2, 0.25) is 0 Å². The minimum absolute atomic E-state index is 0.455. The maximum Gasteiger partial charge on any atom is 0.0466 e.